The molecule has 3 aromatic rings. The molecule has 2 bridgehead atoms. The molecular formula is C32H40BNO6S. The fourth-order valence-corrected chi connectivity index (χ4v) is 9.39. The Bertz CT molecular complexity index is 1530. The second-order valence-corrected chi connectivity index (χ2v) is 15.2. The van der Waals surface area contributed by atoms with Gasteiger partial charge in [0.2, 0.25) is 10.0 Å². The van der Waals surface area contributed by atoms with Gasteiger partial charge in [0.25, 0.3) is 0 Å². The number of fused-ring (bicyclic) bond motifs is 1. The molecule has 1 aromatic heterocycles. The molecule has 6 atom stereocenters. The van der Waals surface area contributed by atoms with Gasteiger partial charge in [0.05, 0.1) is 35.8 Å². The van der Waals surface area contributed by atoms with Gasteiger partial charge in [0.1, 0.15) is 5.58 Å². The molecule has 1 N–H and O–H groups in total. The Morgan fingerprint density at radius 2 is 1.85 bits per heavy atom. The van der Waals surface area contributed by atoms with Crippen molar-refractivity contribution >= 4 is 28.1 Å². The number of hydrogen-bond donors (Lipinski definition) is 1. The van der Waals surface area contributed by atoms with Crippen molar-refractivity contribution in [1.29, 1.82) is 0 Å². The van der Waals surface area contributed by atoms with Crippen molar-refractivity contribution in [2.45, 2.75) is 83.0 Å². The van der Waals surface area contributed by atoms with Crippen molar-refractivity contribution in [3.8, 4) is 0 Å². The minimum atomic E-state index is -3.67. The Morgan fingerprint density at radius 3 is 2.66 bits per heavy atom. The quantitative estimate of drug-likeness (QED) is 0.332. The number of nitrogens with one attached hydrogen (secondary N) is 1. The van der Waals surface area contributed by atoms with Crippen LogP contribution in [0.25, 0.3) is 11.0 Å². The summed E-state index contributed by atoms with van der Waals surface area (Å²) in [6.07, 6.45) is 6.66. The molecule has 0 amide bonds. The molecule has 2 aromatic carbocycles. The maximum Gasteiger partial charge on any atom is 0.477 e. The van der Waals surface area contributed by atoms with Gasteiger partial charge in [0, 0.05) is 12.0 Å². The first kappa shape index (κ1) is 27.7. The van der Waals surface area contributed by atoms with E-state index >= 15 is 0 Å². The summed E-state index contributed by atoms with van der Waals surface area (Å²) >= 11 is 0. The lowest BCUT2D eigenvalue weighted by Gasteiger charge is -2.64. The average molecular weight is 578 g/mol. The molecule has 5 fully saturated rings. The van der Waals surface area contributed by atoms with Crippen molar-refractivity contribution in [2.24, 2.45) is 17.3 Å². The number of benzene rings is 2. The molecule has 3 heterocycles. The van der Waals surface area contributed by atoms with Crippen LogP contribution in [0.15, 0.2) is 59.2 Å². The zero-order valence-electron chi connectivity index (χ0n) is 24.2. The summed E-state index contributed by atoms with van der Waals surface area (Å²) in [5, 5.41) is 0.979. The molecule has 9 heteroatoms. The van der Waals surface area contributed by atoms with Gasteiger partial charge < -0.3 is 18.5 Å². The maximum atomic E-state index is 13.7. The summed E-state index contributed by atoms with van der Waals surface area (Å²) in [4.78, 5) is 0. The third-order valence-corrected chi connectivity index (χ3v) is 12.0. The summed E-state index contributed by atoms with van der Waals surface area (Å²) < 4.78 is 55.5. The molecule has 7 nitrogen and oxygen atoms in total. The summed E-state index contributed by atoms with van der Waals surface area (Å²) in [6, 6.07) is 15.9. The summed E-state index contributed by atoms with van der Waals surface area (Å²) in [5.74, 6) is 0.400. The van der Waals surface area contributed by atoms with Crippen LogP contribution in [0.5, 0.6) is 0 Å². The van der Waals surface area contributed by atoms with E-state index in [9.17, 15) is 8.42 Å². The second kappa shape index (κ2) is 10.2. The standard InChI is InChI=1S/C32H40BNO6S/c1-31(2)23-18-28(31)32(3)29(19-23)39-33(40-32)30(17-22-20-38-27-12-7-6-11-25(22)27)34-41(35,36)16-14-21-9-4-5-10-24(21)26-13-8-15-37-26/h4-7,9-12,20,23,26,28-30,34H,8,13-19H2,1-3H3/t23-,26?,28-,29+,30-,32-/m0/s1. The lowest BCUT2D eigenvalue weighted by atomic mass is 9.43. The molecule has 218 valence electrons. The zero-order chi connectivity index (χ0) is 28.4. The van der Waals surface area contributed by atoms with Gasteiger partial charge in [-0.1, -0.05) is 56.3 Å². The lowest BCUT2D eigenvalue weighted by molar-refractivity contribution is -0.199. The molecule has 0 spiro atoms. The van der Waals surface area contributed by atoms with Crippen LogP contribution in [0.2, 0.25) is 0 Å². The summed E-state index contributed by atoms with van der Waals surface area (Å²) in [7, 11) is -4.35. The van der Waals surface area contributed by atoms with Gasteiger partial charge in [-0.25, -0.2) is 13.1 Å². The highest BCUT2D eigenvalue weighted by Crippen LogP contribution is 2.65. The maximum absolute atomic E-state index is 13.7. The van der Waals surface area contributed by atoms with Crippen LogP contribution in [-0.2, 0) is 36.9 Å². The van der Waals surface area contributed by atoms with E-state index in [1.165, 1.54) is 0 Å². The third kappa shape index (κ3) is 4.87. The Labute approximate surface area is 243 Å². The van der Waals surface area contributed by atoms with Crippen LogP contribution in [0.1, 0.15) is 69.2 Å². The van der Waals surface area contributed by atoms with E-state index in [-0.39, 0.29) is 23.4 Å². The molecule has 2 saturated heterocycles. The van der Waals surface area contributed by atoms with E-state index in [4.69, 9.17) is 18.5 Å². The predicted molar refractivity (Wildman–Crippen MR) is 159 cm³/mol. The monoisotopic (exact) mass is 577 g/mol. The van der Waals surface area contributed by atoms with Crippen LogP contribution >= 0.6 is 0 Å². The van der Waals surface area contributed by atoms with Crippen molar-refractivity contribution in [2.75, 3.05) is 12.4 Å². The van der Waals surface area contributed by atoms with E-state index in [0.29, 0.717) is 24.7 Å². The molecule has 8 rings (SSSR count). The highest BCUT2D eigenvalue weighted by Gasteiger charge is 2.68. The number of sulfonamides is 1. The van der Waals surface area contributed by atoms with Crippen molar-refractivity contribution < 1.29 is 26.9 Å². The number of furan rings is 1. The molecule has 3 aliphatic carbocycles. The van der Waals surface area contributed by atoms with Crippen molar-refractivity contribution in [3.63, 3.8) is 0 Å². The molecule has 3 saturated carbocycles. The lowest BCUT2D eigenvalue weighted by Crippen LogP contribution is -2.65. The third-order valence-electron chi connectivity index (χ3n) is 10.6. The Hall–Kier alpha value is -2.17. The van der Waals surface area contributed by atoms with Gasteiger partial charge in [-0.15, -0.1) is 0 Å². The SMILES string of the molecule is CC1(C)[C@@H]2C[C@H]3OB([C@H](Cc4coc5ccccc45)NS(=O)(=O)CCc4ccccc4C4CCCO4)O[C@@]3(C)[C@H]1C2. The first-order valence-electron chi connectivity index (χ1n) is 15.1. The van der Waals surface area contributed by atoms with E-state index in [2.05, 4.69) is 31.6 Å². The van der Waals surface area contributed by atoms with Crippen LogP contribution in [0.3, 0.4) is 0 Å². The number of ether oxygens (including phenoxy) is 1. The van der Waals surface area contributed by atoms with Crippen molar-refractivity contribution in [3.05, 3.63) is 71.5 Å². The fraction of sp³-hybridized carbons (Fsp3) is 0.562. The zero-order valence-corrected chi connectivity index (χ0v) is 25.0. The summed E-state index contributed by atoms with van der Waals surface area (Å²) in [5.41, 5.74) is 3.62. The number of rotatable bonds is 9. The van der Waals surface area contributed by atoms with Gasteiger partial charge in [-0.2, -0.15) is 0 Å². The number of para-hydroxylation sites is 1. The molecule has 0 radical (unpaired) electrons. The molecule has 41 heavy (non-hydrogen) atoms. The van der Waals surface area contributed by atoms with Crippen molar-refractivity contribution in [1.82, 2.24) is 4.72 Å². The Balaban J connectivity index is 1.13. The van der Waals surface area contributed by atoms with E-state index < -0.39 is 28.7 Å². The molecule has 1 unspecified atom stereocenters. The molecular weight excluding hydrogens is 537 g/mol. The van der Waals surface area contributed by atoms with Crippen LogP contribution in [0.4, 0.5) is 0 Å². The fourth-order valence-electron chi connectivity index (χ4n) is 8.13. The van der Waals surface area contributed by atoms with Crippen LogP contribution < -0.4 is 4.72 Å². The molecule has 5 aliphatic rings. The predicted octanol–water partition coefficient (Wildman–Crippen LogP) is 5.63. The number of hydrogen-bond acceptors (Lipinski definition) is 6. The van der Waals surface area contributed by atoms with Gasteiger partial charge in [-0.05, 0) is 85.5 Å². The minimum absolute atomic E-state index is 0.0233. The minimum Gasteiger partial charge on any atom is -0.464 e. The molecule has 2 aliphatic heterocycles. The first-order valence-corrected chi connectivity index (χ1v) is 16.8. The van der Waals surface area contributed by atoms with Crippen LogP contribution in [-0.4, -0.2) is 45.5 Å². The average Bonchev–Trinajstić information content (AvgIpc) is 3.70. The van der Waals surface area contributed by atoms with Gasteiger partial charge >= 0.3 is 7.12 Å². The largest absolute Gasteiger partial charge is 0.477 e. The normalized spacial score (nSPS) is 31.2. The highest BCUT2D eigenvalue weighted by atomic mass is 32.2. The van der Waals surface area contributed by atoms with Crippen LogP contribution in [0, 0.1) is 17.3 Å². The van der Waals surface area contributed by atoms with Gasteiger partial charge in [0.15, 0.2) is 0 Å². The Morgan fingerprint density at radius 1 is 1.05 bits per heavy atom. The highest BCUT2D eigenvalue weighted by molar-refractivity contribution is 7.89. The van der Waals surface area contributed by atoms with E-state index in [1.54, 1.807) is 6.26 Å². The smallest absolute Gasteiger partial charge is 0.464 e. The number of aryl methyl sites for hydroxylation is 1. The Kier molecular flexibility index (Phi) is 6.90. The topological polar surface area (TPSA) is 87.0 Å². The summed E-state index contributed by atoms with van der Waals surface area (Å²) in [6.45, 7) is 7.58. The van der Waals surface area contributed by atoms with Gasteiger partial charge in [-0.3, -0.25) is 0 Å². The van der Waals surface area contributed by atoms with E-state index in [1.807, 2.05) is 42.5 Å². The second-order valence-electron chi connectivity index (χ2n) is 13.3. The first-order chi connectivity index (χ1) is 19.6. The van der Waals surface area contributed by atoms with E-state index in [0.717, 1.165) is 59.9 Å².